The number of rotatable bonds is 11. The molecule has 11 heteroatoms. The number of halogens is 1. The second-order valence-corrected chi connectivity index (χ2v) is 9.66. The lowest BCUT2D eigenvalue weighted by molar-refractivity contribution is -0.111. The van der Waals surface area contributed by atoms with Gasteiger partial charge in [-0.1, -0.05) is 24.2 Å². The number of pyridine rings is 1. The first-order chi connectivity index (χ1) is 19.5. The summed E-state index contributed by atoms with van der Waals surface area (Å²) in [6.07, 6.45) is 4.82. The molecule has 1 saturated heterocycles. The SMILES string of the molecule is C=CC(=O)Nc1cc2c(Nc3ccc(OCc4ccccn4)c(Cl)c3)ncnc2cc1OCCN1CCC(O)C1. The van der Waals surface area contributed by atoms with Crippen molar-refractivity contribution in [1.82, 2.24) is 19.9 Å². The number of nitrogens with zero attached hydrogens (tertiary/aromatic N) is 4. The highest BCUT2D eigenvalue weighted by Crippen LogP contribution is 2.35. The summed E-state index contributed by atoms with van der Waals surface area (Å²) in [5.41, 5.74) is 2.58. The zero-order chi connectivity index (χ0) is 27.9. The minimum Gasteiger partial charge on any atom is -0.490 e. The molecule has 1 aliphatic rings. The maximum Gasteiger partial charge on any atom is 0.247 e. The van der Waals surface area contributed by atoms with Gasteiger partial charge in [0, 0.05) is 43.0 Å². The molecule has 1 fully saturated rings. The fraction of sp³-hybridized carbons (Fsp3) is 0.241. The van der Waals surface area contributed by atoms with Gasteiger partial charge in [-0.25, -0.2) is 9.97 Å². The van der Waals surface area contributed by atoms with Crippen LogP contribution in [0.3, 0.4) is 0 Å². The third kappa shape index (κ3) is 6.84. The standard InChI is InChI=1S/C29H29ClN6O4/c1-2-28(38)35-25-14-22-24(15-27(25)39-12-11-36-10-8-21(37)16-36)32-18-33-29(22)34-19-6-7-26(23(30)13-19)40-17-20-5-3-4-9-31-20/h2-7,9,13-15,18,21,37H,1,8,10-12,16-17H2,(H,35,38)(H,32,33,34). The molecule has 1 aliphatic heterocycles. The molecule has 40 heavy (non-hydrogen) atoms. The van der Waals surface area contributed by atoms with Gasteiger partial charge in [-0.3, -0.25) is 14.7 Å². The Bertz CT molecular complexity index is 1500. The van der Waals surface area contributed by atoms with Crippen LogP contribution >= 0.6 is 11.6 Å². The summed E-state index contributed by atoms with van der Waals surface area (Å²) < 4.78 is 11.9. The highest BCUT2D eigenvalue weighted by atomic mass is 35.5. The van der Waals surface area contributed by atoms with E-state index in [-0.39, 0.29) is 12.0 Å². The van der Waals surface area contributed by atoms with Gasteiger partial charge in [0.15, 0.2) is 0 Å². The highest BCUT2D eigenvalue weighted by Gasteiger charge is 2.20. The Kier molecular flexibility index (Phi) is 8.70. The first-order valence-electron chi connectivity index (χ1n) is 12.8. The number of benzene rings is 2. The zero-order valence-electron chi connectivity index (χ0n) is 21.7. The molecule has 0 radical (unpaired) electrons. The zero-order valence-corrected chi connectivity index (χ0v) is 22.5. The molecule has 0 aliphatic carbocycles. The molecule has 1 atom stereocenters. The van der Waals surface area contributed by atoms with E-state index >= 15 is 0 Å². The predicted molar refractivity (Wildman–Crippen MR) is 154 cm³/mol. The van der Waals surface area contributed by atoms with Crippen LogP contribution in [0.4, 0.5) is 17.2 Å². The Labute approximate surface area is 236 Å². The number of hydrogen-bond donors (Lipinski definition) is 3. The van der Waals surface area contributed by atoms with Gasteiger partial charge in [-0.05, 0) is 48.9 Å². The summed E-state index contributed by atoms with van der Waals surface area (Å²) in [7, 11) is 0. The predicted octanol–water partition coefficient (Wildman–Crippen LogP) is 4.57. The van der Waals surface area contributed by atoms with E-state index in [0.717, 1.165) is 18.7 Å². The molecule has 1 amide bonds. The number of carbonyl (C=O) groups excluding carboxylic acids is 1. The van der Waals surface area contributed by atoms with Crippen LogP contribution in [0.15, 0.2) is 73.7 Å². The Morgan fingerprint density at radius 1 is 1.15 bits per heavy atom. The molecule has 3 heterocycles. The van der Waals surface area contributed by atoms with Gasteiger partial charge in [0.2, 0.25) is 5.91 Å². The molecule has 10 nitrogen and oxygen atoms in total. The number of hydrogen-bond acceptors (Lipinski definition) is 9. The van der Waals surface area contributed by atoms with Crippen molar-refractivity contribution < 1.29 is 19.4 Å². The number of aliphatic hydroxyl groups is 1. The van der Waals surface area contributed by atoms with Gasteiger partial charge in [-0.15, -0.1) is 0 Å². The van der Waals surface area contributed by atoms with E-state index < -0.39 is 0 Å². The van der Waals surface area contributed by atoms with Gasteiger partial charge in [-0.2, -0.15) is 0 Å². The summed E-state index contributed by atoms with van der Waals surface area (Å²) in [6.45, 7) is 6.34. The summed E-state index contributed by atoms with van der Waals surface area (Å²) >= 11 is 6.49. The van der Waals surface area contributed by atoms with Crippen molar-refractivity contribution in [2.24, 2.45) is 0 Å². The smallest absolute Gasteiger partial charge is 0.247 e. The number of aliphatic hydroxyl groups excluding tert-OH is 1. The average molecular weight is 561 g/mol. The Morgan fingerprint density at radius 3 is 2.80 bits per heavy atom. The van der Waals surface area contributed by atoms with E-state index in [2.05, 4.69) is 37.1 Å². The fourth-order valence-corrected chi connectivity index (χ4v) is 4.59. The summed E-state index contributed by atoms with van der Waals surface area (Å²) in [6, 6.07) is 14.5. The number of likely N-dealkylation sites (tertiary alicyclic amines) is 1. The third-order valence-corrected chi connectivity index (χ3v) is 6.68. The number of carbonyl (C=O) groups is 1. The van der Waals surface area contributed by atoms with Crippen molar-refractivity contribution in [1.29, 1.82) is 0 Å². The molecule has 2 aromatic heterocycles. The minimum absolute atomic E-state index is 0.295. The largest absolute Gasteiger partial charge is 0.490 e. The van der Waals surface area contributed by atoms with Crippen molar-refractivity contribution in [2.75, 3.05) is 36.9 Å². The minimum atomic E-state index is -0.369. The average Bonchev–Trinajstić information content (AvgIpc) is 3.38. The van der Waals surface area contributed by atoms with Crippen LogP contribution < -0.4 is 20.1 Å². The van der Waals surface area contributed by atoms with E-state index in [1.807, 2.05) is 24.3 Å². The summed E-state index contributed by atoms with van der Waals surface area (Å²) in [4.78, 5) is 27.4. The molecule has 5 rings (SSSR count). The van der Waals surface area contributed by atoms with Crippen molar-refractivity contribution in [3.8, 4) is 11.5 Å². The van der Waals surface area contributed by atoms with Gasteiger partial charge < -0.3 is 25.2 Å². The van der Waals surface area contributed by atoms with Crippen molar-refractivity contribution >= 4 is 45.6 Å². The Balaban J connectivity index is 1.34. The highest BCUT2D eigenvalue weighted by molar-refractivity contribution is 6.32. The van der Waals surface area contributed by atoms with Crippen molar-refractivity contribution in [3.63, 3.8) is 0 Å². The molecule has 3 N–H and O–H groups in total. The Hall–Kier alpha value is -4.25. The van der Waals surface area contributed by atoms with Crippen LogP contribution in [0, 0.1) is 0 Å². The fourth-order valence-electron chi connectivity index (χ4n) is 4.35. The van der Waals surface area contributed by atoms with Crippen molar-refractivity contribution in [3.05, 3.63) is 84.4 Å². The lowest BCUT2D eigenvalue weighted by Gasteiger charge is -2.18. The molecule has 2 aromatic carbocycles. The molecular formula is C29H29ClN6O4. The molecule has 4 aromatic rings. The van der Waals surface area contributed by atoms with Crippen LogP contribution in [0.5, 0.6) is 11.5 Å². The molecular weight excluding hydrogens is 532 g/mol. The number of amides is 1. The molecule has 1 unspecified atom stereocenters. The van der Waals surface area contributed by atoms with Gasteiger partial charge in [0.25, 0.3) is 0 Å². The van der Waals surface area contributed by atoms with Crippen LogP contribution in [0.1, 0.15) is 12.1 Å². The monoisotopic (exact) mass is 560 g/mol. The quantitative estimate of drug-likeness (QED) is 0.226. The van der Waals surface area contributed by atoms with Gasteiger partial charge in [0.05, 0.1) is 28.0 Å². The first-order valence-corrected chi connectivity index (χ1v) is 13.2. The Morgan fingerprint density at radius 2 is 2.05 bits per heavy atom. The van der Waals surface area contributed by atoms with Crippen LogP contribution in [-0.2, 0) is 11.4 Å². The number of anilines is 3. The third-order valence-electron chi connectivity index (χ3n) is 6.39. The number of fused-ring (bicyclic) bond motifs is 1. The second-order valence-electron chi connectivity index (χ2n) is 9.25. The topological polar surface area (TPSA) is 122 Å². The van der Waals surface area contributed by atoms with Crippen LogP contribution in [0.25, 0.3) is 10.9 Å². The van der Waals surface area contributed by atoms with E-state index in [1.165, 1.54) is 12.4 Å². The number of aromatic nitrogens is 3. The normalized spacial score (nSPS) is 15.1. The van der Waals surface area contributed by atoms with Crippen LogP contribution in [-0.4, -0.2) is 63.2 Å². The summed E-state index contributed by atoms with van der Waals surface area (Å²) in [5.74, 6) is 1.16. The van der Waals surface area contributed by atoms with Gasteiger partial charge >= 0.3 is 0 Å². The summed E-state index contributed by atoms with van der Waals surface area (Å²) in [5, 5.41) is 16.9. The number of β-amino-alcohol motifs (C(OH)–C–C–N with tert-alkyl or cyclic N) is 1. The van der Waals surface area contributed by atoms with E-state index in [9.17, 15) is 9.90 Å². The molecule has 206 valence electrons. The van der Waals surface area contributed by atoms with Crippen LogP contribution in [0.2, 0.25) is 5.02 Å². The molecule has 0 spiro atoms. The number of ether oxygens (including phenoxy) is 2. The lowest BCUT2D eigenvalue weighted by Crippen LogP contribution is -2.27. The van der Waals surface area contributed by atoms with Crippen molar-refractivity contribution in [2.45, 2.75) is 19.1 Å². The lowest BCUT2D eigenvalue weighted by atomic mass is 10.1. The van der Waals surface area contributed by atoms with E-state index in [1.54, 1.807) is 30.5 Å². The van der Waals surface area contributed by atoms with E-state index in [4.69, 9.17) is 21.1 Å². The first kappa shape index (κ1) is 27.3. The second kappa shape index (κ2) is 12.7. The molecule has 0 saturated carbocycles. The van der Waals surface area contributed by atoms with Gasteiger partial charge in [0.1, 0.15) is 36.9 Å². The maximum absolute atomic E-state index is 12.2. The maximum atomic E-state index is 12.2. The van der Waals surface area contributed by atoms with E-state index in [0.29, 0.717) is 70.9 Å². The molecule has 0 bridgehead atoms. The number of nitrogens with one attached hydrogen (secondary N) is 2.